The van der Waals surface area contributed by atoms with Crippen LogP contribution in [0, 0.1) is 17.8 Å². The molecule has 0 radical (unpaired) electrons. The molecule has 1 aliphatic heterocycles. The molecule has 2 nitrogen and oxygen atoms in total. The van der Waals surface area contributed by atoms with Gasteiger partial charge in [0.1, 0.15) is 6.10 Å². The summed E-state index contributed by atoms with van der Waals surface area (Å²) in [4.78, 5) is 12.3. The van der Waals surface area contributed by atoms with E-state index in [0.717, 1.165) is 25.2 Å². The molecular formula is C18H34O2. The van der Waals surface area contributed by atoms with Crippen molar-refractivity contribution in [1.82, 2.24) is 0 Å². The van der Waals surface area contributed by atoms with Gasteiger partial charge in [0.2, 0.25) is 0 Å². The Labute approximate surface area is 125 Å². The zero-order chi connectivity index (χ0) is 15.0. The first-order valence-electron chi connectivity index (χ1n) is 8.86. The maximum atomic E-state index is 12.3. The molecule has 4 atom stereocenters. The molecule has 0 saturated carbocycles. The highest BCUT2D eigenvalue weighted by Crippen LogP contribution is 2.35. The van der Waals surface area contributed by atoms with Crippen LogP contribution in [0.5, 0.6) is 0 Å². The van der Waals surface area contributed by atoms with E-state index in [9.17, 15) is 4.79 Å². The Morgan fingerprint density at radius 1 is 1.10 bits per heavy atom. The van der Waals surface area contributed by atoms with E-state index in [1.165, 1.54) is 38.5 Å². The molecule has 0 aromatic carbocycles. The van der Waals surface area contributed by atoms with Crippen molar-refractivity contribution in [2.75, 3.05) is 0 Å². The third kappa shape index (κ3) is 5.10. The lowest BCUT2D eigenvalue weighted by molar-refractivity contribution is -0.166. The number of hydrogen-bond donors (Lipinski definition) is 0. The van der Waals surface area contributed by atoms with Crippen LogP contribution < -0.4 is 0 Å². The first kappa shape index (κ1) is 17.5. The molecule has 2 heteroatoms. The molecule has 1 saturated heterocycles. The fourth-order valence-corrected chi connectivity index (χ4v) is 3.66. The van der Waals surface area contributed by atoms with Gasteiger partial charge in [0.25, 0.3) is 0 Å². The topological polar surface area (TPSA) is 26.3 Å². The summed E-state index contributed by atoms with van der Waals surface area (Å²) in [5.41, 5.74) is 0. The number of rotatable bonds is 9. The second-order valence-electron chi connectivity index (χ2n) is 6.50. The van der Waals surface area contributed by atoms with E-state index in [2.05, 4.69) is 27.7 Å². The molecule has 0 spiro atoms. The van der Waals surface area contributed by atoms with Gasteiger partial charge in [-0.2, -0.15) is 0 Å². The van der Waals surface area contributed by atoms with E-state index < -0.39 is 0 Å². The molecule has 0 aliphatic carbocycles. The van der Waals surface area contributed by atoms with E-state index >= 15 is 0 Å². The summed E-state index contributed by atoms with van der Waals surface area (Å²) in [6.07, 6.45) is 10.6. The summed E-state index contributed by atoms with van der Waals surface area (Å²) in [5, 5.41) is 0. The molecule has 1 fully saturated rings. The maximum Gasteiger partial charge on any atom is 0.309 e. The monoisotopic (exact) mass is 282 g/mol. The largest absolute Gasteiger partial charge is 0.462 e. The van der Waals surface area contributed by atoms with Gasteiger partial charge in [0.05, 0.1) is 5.92 Å². The van der Waals surface area contributed by atoms with Crippen molar-refractivity contribution in [2.45, 2.75) is 91.6 Å². The summed E-state index contributed by atoms with van der Waals surface area (Å²) < 4.78 is 5.61. The van der Waals surface area contributed by atoms with Crippen molar-refractivity contribution in [1.29, 1.82) is 0 Å². The number of carbonyl (C=O) groups excluding carboxylic acids is 1. The van der Waals surface area contributed by atoms with Crippen LogP contribution in [0.3, 0.4) is 0 Å². The van der Waals surface area contributed by atoms with E-state index in [-0.39, 0.29) is 18.0 Å². The van der Waals surface area contributed by atoms with Gasteiger partial charge in [0, 0.05) is 0 Å². The van der Waals surface area contributed by atoms with Crippen LogP contribution in [0.4, 0.5) is 0 Å². The summed E-state index contributed by atoms with van der Waals surface area (Å²) in [6, 6.07) is 0. The minimum atomic E-state index is 0.0906. The number of ether oxygens (including phenoxy) is 1. The van der Waals surface area contributed by atoms with Gasteiger partial charge < -0.3 is 4.74 Å². The molecule has 0 bridgehead atoms. The van der Waals surface area contributed by atoms with Crippen LogP contribution in [0.1, 0.15) is 85.5 Å². The van der Waals surface area contributed by atoms with Crippen molar-refractivity contribution in [3.63, 3.8) is 0 Å². The number of hydrogen-bond acceptors (Lipinski definition) is 2. The van der Waals surface area contributed by atoms with Crippen LogP contribution in [0.15, 0.2) is 0 Å². The van der Waals surface area contributed by atoms with E-state index in [1.807, 2.05) is 0 Å². The third-order valence-electron chi connectivity index (χ3n) is 5.00. The van der Waals surface area contributed by atoms with Gasteiger partial charge >= 0.3 is 5.97 Å². The van der Waals surface area contributed by atoms with E-state index in [1.54, 1.807) is 0 Å². The van der Waals surface area contributed by atoms with Crippen molar-refractivity contribution in [3.05, 3.63) is 0 Å². The molecular weight excluding hydrogens is 248 g/mol. The molecule has 1 aliphatic rings. The Morgan fingerprint density at radius 2 is 1.85 bits per heavy atom. The van der Waals surface area contributed by atoms with E-state index in [4.69, 9.17) is 4.74 Å². The fraction of sp³-hybridized carbons (Fsp3) is 0.944. The lowest BCUT2D eigenvalue weighted by Crippen LogP contribution is -2.38. The van der Waals surface area contributed by atoms with Crippen molar-refractivity contribution in [2.24, 2.45) is 17.8 Å². The fourth-order valence-electron chi connectivity index (χ4n) is 3.66. The predicted molar refractivity (Wildman–Crippen MR) is 84.6 cm³/mol. The molecule has 0 N–H and O–H groups in total. The molecule has 4 unspecified atom stereocenters. The van der Waals surface area contributed by atoms with Crippen LogP contribution in [0.2, 0.25) is 0 Å². The summed E-state index contributed by atoms with van der Waals surface area (Å²) >= 11 is 0. The van der Waals surface area contributed by atoms with Gasteiger partial charge in [-0.1, -0.05) is 53.4 Å². The average Bonchev–Trinajstić information content (AvgIpc) is 2.45. The standard InChI is InChI=1S/C18H34O2/c1-5-9-14(7-3)11-12-17-15(10-6-2)13-16(8-4)20-18(17)19/h14-17H,5-13H2,1-4H3. The number of cyclic esters (lactones) is 1. The third-order valence-corrected chi connectivity index (χ3v) is 5.00. The number of carbonyl (C=O) groups is 1. The SMILES string of the molecule is CCCC(CC)CCC1C(=O)OC(CC)CC1CCC. The van der Waals surface area contributed by atoms with Crippen LogP contribution >= 0.6 is 0 Å². The lowest BCUT2D eigenvalue weighted by atomic mass is 9.77. The summed E-state index contributed by atoms with van der Waals surface area (Å²) in [5.74, 6) is 1.61. The second-order valence-corrected chi connectivity index (χ2v) is 6.50. The zero-order valence-electron chi connectivity index (χ0n) is 14.0. The Bertz CT molecular complexity index is 275. The molecule has 1 heterocycles. The highest BCUT2D eigenvalue weighted by Gasteiger charge is 2.36. The Hall–Kier alpha value is -0.530. The minimum absolute atomic E-state index is 0.0906. The maximum absolute atomic E-state index is 12.3. The Kier molecular flexibility index (Phi) is 8.25. The summed E-state index contributed by atoms with van der Waals surface area (Å²) in [6.45, 7) is 8.87. The first-order chi connectivity index (χ1) is 9.65. The molecule has 1 rings (SSSR count). The normalized spacial score (nSPS) is 28.2. The van der Waals surface area contributed by atoms with Gasteiger partial charge in [-0.05, 0) is 43.9 Å². The zero-order valence-corrected chi connectivity index (χ0v) is 14.0. The van der Waals surface area contributed by atoms with Crippen LogP contribution in [-0.2, 0) is 9.53 Å². The Morgan fingerprint density at radius 3 is 2.40 bits per heavy atom. The summed E-state index contributed by atoms with van der Waals surface area (Å²) in [7, 11) is 0. The van der Waals surface area contributed by atoms with Crippen LogP contribution in [0.25, 0.3) is 0 Å². The number of esters is 1. The van der Waals surface area contributed by atoms with Gasteiger partial charge in [0.15, 0.2) is 0 Å². The Balaban J connectivity index is 2.57. The second kappa shape index (κ2) is 9.41. The highest BCUT2D eigenvalue weighted by atomic mass is 16.5. The molecule has 0 aromatic rings. The highest BCUT2D eigenvalue weighted by molar-refractivity contribution is 5.73. The van der Waals surface area contributed by atoms with Crippen LogP contribution in [-0.4, -0.2) is 12.1 Å². The van der Waals surface area contributed by atoms with Gasteiger partial charge in [-0.25, -0.2) is 0 Å². The predicted octanol–water partition coefficient (Wildman–Crippen LogP) is 5.35. The van der Waals surface area contributed by atoms with Crippen molar-refractivity contribution >= 4 is 5.97 Å². The lowest BCUT2D eigenvalue weighted by Gasteiger charge is -2.35. The van der Waals surface area contributed by atoms with Crippen molar-refractivity contribution < 1.29 is 9.53 Å². The van der Waals surface area contributed by atoms with Gasteiger partial charge in [-0.3, -0.25) is 4.79 Å². The van der Waals surface area contributed by atoms with E-state index in [0.29, 0.717) is 5.92 Å². The smallest absolute Gasteiger partial charge is 0.309 e. The molecule has 0 aromatic heterocycles. The van der Waals surface area contributed by atoms with Crippen molar-refractivity contribution in [3.8, 4) is 0 Å². The first-order valence-corrected chi connectivity index (χ1v) is 8.86. The average molecular weight is 282 g/mol. The quantitative estimate of drug-likeness (QED) is 0.533. The molecule has 20 heavy (non-hydrogen) atoms. The molecule has 118 valence electrons. The van der Waals surface area contributed by atoms with Gasteiger partial charge in [-0.15, -0.1) is 0 Å². The molecule has 0 amide bonds. The minimum Gasteiger partial charge on any atom is -0.462 e.